The van der Waals surface area contributed by atoms with Gasteiger partial charge in [-0.3, -0.25) is 0 Å². The molecule has 0 radical (unpaired) electrons. The second kappa shape index (κ2) is 20.9. The van der Waals surface area contributed by atoms with E-state index in [1.54, 1.807) is 13.0 Å². The molecule has 0 fully saturated rings. The van der Waals surface area contributed by atoms with E-state index < -0.39 is 12.1 Å². The van der Waals surface area contributed by atoms with Gasteiger partial charge in [-0.05, 0) is 123 Å². The van der Waals surface area contributed by atoms with Crippen LogP contribution in [0.3, 0.4) is 0 Å². The summed E-state index contributed by atoms with van der Waals surface area (Å²) in [5.74, 6) is -0.500. The van der Waals surface area contributed by atoms with Gasteiger partial charge in [0.05, 0.1) is 19.8 Å². The first-order valence-corrected chi connectivity index (χ1v) is 21.4. The van der Waals surface area contributed by atoms with Gasteiger partial charge in [-0.15, -0.1) is 6.58 Å². The van der Waals surface area contributed by atoms with Gasteiger partial charge in [0.2, 0.25) is 0 Å². The normalized spacial score (nSPS) is 11.4. The average molecular weight is 816 g/mol. The van der Waals surface area contributed by atoms with Gasteiger partial charge in [-0.2, -0.15) is 0 Å². The number of aryl methyl sites for hydroxylation is 6. The van der Waals surface area contributed by atoms with Crippen molar-refractivity contribution in [2.75, 3.05) is 49.0 Å². The standard InChI is InChI=1S/C53H59N3O3.C2H6/c1-12-27-58-33-45(59-53(57)34(2)3)32-54-49-26-25-48(46-15-13-14-16-47(46)49)50(41-17-21-43(22-18-41)55(10)51-37(6)28-35(4)29-38(51)7)42-19-23-44(24-20-42)56(11)52-39(8)30-36(5)31-40(52)9;1-2/h12-26,28-31,45,50,54H,1-2,27,32-33H2,3-11H3;1-2H3. The molecule has 0 amide bonds. The van der Waals surface area contributed by atoms with Gasteiger partial charge in [0.15, 0.2) is 0 Å². The highest BCUT2D eigenvalue weighted by Gasteiger charge is 2.23. The Balaban J connectivity index is 0.00000347. The molecule has 1 N–H and O–H groups in total. The van der Waals surface area contributed by atoms with E-state index in [1.165, 1.54) is 61.4 Å². The molecule has 0 aliphatic rings. The number of hydrogen-bond donors (Lipinski definition) is 1. The number of esters is 1. The molecule has 61 heavy (non-hydrogen) atoms. The van der Waals surface area contributed by atoms with Gasteiger partial charge in [0.1, 0.15) is 6.10 Å². The number of carbonyl (C=O) groups excluding carboxylic acids is 1. The third-order valence-electron chi connectivity index (χ3n) is 11.1. The summed E-state index contributed by atoms with van der Waals surface area (Å²) in [7, 11) is 4.30. The number of nitrogens with one attached hydrogen (secondary N) is 1. The quantitative estimate of drug-likeness (QED) is 0.0345. The number of rotatable bonds is 16. The molecule has 0 aliphatic heterocycles. The maximum atomic E-state index is 12.5. The lowest BCUT2D eigenvalue weighted by molar-refractivity contribution is -0.146. The van der Waals surface area contributed by atoms with Crippen molar-refractivity contribution in [1.82, 2.24) is 0 Å². The van der Waals surface area contributed by atoms with Crippen molar-refractivity contribution in [3.63, 3.8) is 0 Å². The van der Waals surface area contributed by atoms with Gasteiger partial charge < -0.3 is 24.6 Å². The van der Waals surface area contributed by atoms with E-state index in [0.29, 0.717) is 18.7 Å². The van der Waals surface area contributed by atoms with Crippen LogP contribution >= 0.6 is 0 Å². The third-order valence-corrected chi connectivity index (χ3v) is 11.1. The van der Waals surface area contributed by atoms with Gasteiger partial charge in [0, 0.05) is 59.4 Å². The Morgan fingerprint density at radius 3 is 1.59 bits per heavy atom. The van der Waals surface area contributed by atoms with Crippen LogP contribution in [0.2, 0.25) is 0 Å². The predicted molar refractivity (Wildman–Crippen MR) is 261 cm³/mol. The minimum atomic E-state index is -0.515. The molecule has 1 unspecified atom stereocenters. The number of anilines is 5. The predicted octanol–water partition coefficient (Wildman–Crippen LogP) is 13.5. The second-order valence-corrected chi connectivity index (χ2v) is 16.0. The lowest BCUT2D eigenvalue weighted by Gasteiger charge is -2.27. The zero-order valence-corrected chi connectivity index (χ0v) is 38.3. The Morgan fingerprint density at radius 1 is 0.689 bits per heavy atom. The molecule has 0 heterocycles. The summed E-state index contributed by atoms with van der Waals surface area (Å²) in [6.45, 7) is 27.2. The number of nitrogens with zero attached hydrogens (tertiary/aromatic N) is 2. The molecule has 1 atom stereocenters. The van der Waals surface area contributed by atoms with Gasteiger partial charge in [-0.25, -0.2) is 4.79 Å². The monoisotopic (exact) mass is 816 g/mol. The Bertz CT molecular complexity index is 2310. The molecular formula is C55H65N3O3. The van der Waals surface area contributed by atoms with Crippen molar-refractivity contribution in [1.29, 1.82) is 0 Å². The molecule has 0 spiro atoms. The van der Waals surface area contributed by atoms with Crippen LogP contribution in [0.25, 0.3) is 10.8 Å². The first-order chi connectivity index (χ1) is 29.3. The summed E-state index contributed by atoms with van der Waals surface area (Å²) in [5, 5.41) is 5.79. The van der Waals surface area contributed by atoms with Crippen LogP contribution in [0.5, 0.6) is 0 Å². The van der Waals surface area contributed by atoms with Crippen LogP contribution in [0, 0.1) is 41.5 Å². The van der Waals surface area contributed by atoms with Gasteiger partial charge in [0.25, 0.3) is 0 Å². The van der Waals surface area contributed by atoms with Crippen molar-refractivity contribution < 1.29 is 14.3 Å². The molecule has 6 aromatic carbocycles. The summed E-state index contributed by atoms with van der Waals surface area (Å²) < 4.78 is 11.5. The highest BCUT2D eigenvalue weighted by atomic mass is 16.6. The average Bonchev–Trinajstić information content (AvgIpc) is 3.23. The largest absolute Gasteiger partial charge is 0.455 e. The molecule has 0 saturated carbocycles. The molecule has 6 nitrogen and oxygen atoms in total. The van der Waals surface area contributed by atoms with Crippen LogP contribution in [-0.2, 0) is 14.3 Å². The highest BCUT2D eigenvalue weighted by molar-refractivity contribution is 5.97. The van der Waals surface area contributed by atoms with Crippen molar-refractivity contribution in [2.24, 2.45) is 0 Å². The van der Waals surface area contributed by atoms with Crippen molar-refractivity contribution in [2.45, 2.75) is 74.3 Å². The first kappa shape index (κ1) is 46.0. The molecule has 0 saturated heterocycles. The van der Waals surface area contributed by atoms with Crippen molar-refractivity contribution in [3.05, 3.63) is 184 Å². The van der Waals surface area contributed by atoms with Crippen LogP contribution in [-0.4, -0.2) is 45.9 Å². The summed E-state index contributed by atoms with van der Waals surface area (Å²) in [6, 6.07) is 40.0. The number of carbonyl (C=O) groups is 1. The maximum Gasteiger partial charge on any atom is 0.333 e. The number of ether oxygens (including phenoxy) is 2. The van der Waals surface area contributed by atoms with E-state index in [2.05, 4.69) is 193 Å². The van der Waals surface area contributed by atoms with E-state index in [4.69, 9.17) is 9.47 Å². The van der Waals surface area contributed by atoms with E-state index >= 15 is 0 Å². The molecule has 0 aliphatic carbocycles. The smallest absolute Gasteiger partial charge is 0.333 e. The minimum Gasteiger partial charge on any atom is -0.455 e. The topological polar surface area (TPSA) is 54.0 Å². The molecule has 0 bridgehead atoms. The van der Waals surface area contributed by atoms with Crippen LogP contribution in [0.1, 0.15) is 76.8 Å². The van der Waals surface area contributed by atoms with E-state index in [-0.39, 0.29) is 12.5 Å². The number of hydrogen-bond acceptors (Lipinski definition) is 6. The fraction of sp³-hybridized carbons (Fsp3) is 0.291. The maximum absolute atomic E-state index is 12.5. The lowest BCUT2D eigenvalue weighted by atomic mass is 9.82. The van der Waals surface area contributed by atoms with Crippen LogP contribution in [0.15, 0.2) is 134 Å². The van der Waals surface area contributed by atoms with Crippen LogP contribution in [0.4, 0.5) is 28.4 Å². The van der Waals surface area contributed by atoms with Crippen molar-refractivity contribution in [3.8, 4) is 0 Å². The van der Waals surface area contributed by atoms with E-state index in [0.717, 1.165) is 27.8 Å². The number of fused-ring (bicyclic) bond motifs is 1. The van der Waals surface area contributed by atoms with E-state index in [9.17, 15) is 4.79 Å². The zero-order valence-electron chi connectivity index (χ0n) is 38.3. The summed E-state index contributed by atoms with van der Waals surface area (Å²) in [6.07, 6.45) is 1.17. The summed E-state index contributed by atoms with van der Waals surface area (Å²) in [5.41, 5.74) is 17.2. The Morgan fingerprint density at radius 2 is 1.15 bits per heavy atom. The lowest BCUT2D eigenvalue weighted by Crippen LogP contribution is -2.31. The van der Waals surface area contributed by atoms with E-state index in [1.807, 2.05) is 13.8 Å². The Kier molecular flexibility index (Phi) is 15.8. The van der Waals surface area contributed by atoms with Gasteiger partial charge in [-0.1, -0.05) is 116 Å². The molecule has 6 aromatic rings. The molecule has 6 heteroatoms. The van der Waals surface area contributed by atoms with Crippen LogP contribution < -0.4 is 15.1 Å². The Labute approximate surface area is 365 Å². The fourth-order valence-electron chi connectivity index (χ4n) is 8.61. The minimum absolute atomic E-state index is 0.0603. The SMILES string of the molecule is C=CCOCC(CNc1ccc(C(c2ccc(N(C)c3c(C)cc(C)cc3C)cc2)c2ccc(N(C)c3c(C)cc(C)cc3C)cc2)c2ccccc12)OC(=O)C(=C)C.CC. The molecule has 6 rings (SSSR count). The van der Waals surface area contributed by atoms with Gasteiger partial charge >= 0.3 is 5.97 Å². The fourth-order valence-corrected chi connectivity index (χ4v) is 8.61. The van der Waals surface area contributed by atoms with Crippen molar-refractivity contribution >= 4 is 45.2 Å². The molecule has 0 aromatic heterocycles. The zero-order chi connectivity index (χ0) is 44.4. The highest BCUT2D eigenvalue weighted by Crippen LogP contribution is 2.41. The summed E-state index contributed by atoms with van der Waals surface area (Å²) in [4.78, 5) is 17.1. The molecule has 318 valence electrons. The second-order valence-electron chi connectivity index (χ2n) is 16.0. The number of benzene rings is 6. The Hall–Kier alpha value is -6.11. The molecular weight excluding hydrogens is 751 g/mol. The summed E-state index contributed by atoms with van der Waals surface area (Å²) >= 11 is 0. The first-order valence-electron chi connectivity index (χ1n) is 21.4. The third kappa shape index (κ3) is 10.8.